The number of nitro groups is 1. The second-order valence-electron chi connectivity index (χ2n) is 3.70. The van der Waals surface area contributed by atoms with E-state index in [1.165, 1.54) is 11.6 Å². The molecule has 2 aromatic rings. The number of hydrogen-bond acceptors (Lipinski definition) is 4. The van der Waals surface area contributed by atoms with Crippen LogP contribution in [0, 0.1) is 10.1 Å². The van der Waals surface area contributed by atoms with Crippen molar-refractivity contribution in [3.8, 4) is 0 Å². The van der Waals surface area contributed by atoms with Crippen molar-refractivity contribution in [2.24, 2.45) is 0 Å². The first-order valence-corrected chi connectivity index (χ1v) is 6.68. The summed E-state index contributed by atoms with van der Waals surface area (Å²) in [6.45, 7) is 0.637. The van der Waals surface area contributed by atoms with Crippen molar-refractivity contribution in [3.05, 3.63) is 55.7 Å². The fourth-order valence-electron chi connectivity index (χ4n) is 1.62. The molecule has 1 aromatic heterocycles. The van der Waals surface area contributed by atoms with Crippen LogP contribution in [0.15, 0.2) is 35.0 Å². The van der Waals surface area contributed by atoms with E-state index in [-0.39, 0.29) is 10.7 Å². The van der Waals surface area contributed by atoms with Gasteiger partial charge < -0.3 is 5.32 Å². The number of anilines is 1. The molecule has 0 bridgehead atoms. The van der Waals surface area contributed by atoms with E-state index in [0.717, 1.165) is 6.42 Å². The van der Waals surface area contributed by atoms with Gasteiger partial charge >= 0.3 is 5.69 Å². The summed E-state index contributed by atoms with van der Waals surface area (Å²) in [7, 11) is 0. The number of halogens is 1. The van der Waals surface area contributed by atoms with Crippen molar-refractivity contribution >= 4 is 34.3 Å². The first-order chi connectivity index (χ1) is 8.68. The van der Waals surface area contributed by atoms with E-state index in [9.17, 15) is 10.1 Å². The average molecular weight is 283 g/mol. The highest BCUT2D eigenvalue weighted by atomic mass is 35.5. The van der Waals surface area contributed by atoms with Crippen LogP contribution in [-0.4, -0.2) is 11.5 Å². The van der Waals surface area contributed by atoms with Crippen molar-refractivity contribution in [2.45, 2.75) is 6.42 Å². The Bertz CT molecular complexity index is 543. The third-order valence-corrected chi connectivity index (χ3v) is 3.52. The Morgan fingerprint density at radius 1 is 1.39 bits per heavy atom. The van der Waals surface area contributed by atoms with E-state index < -0.39 is 4.92 Å². The Balaban J connectivity index is 2.05. The number of hydrogen-bond donors (Lipinski definition) is 1. The molecule has 0 unspecified atom stereocenters. The van der Waals surface area contributed by atoms with E-state index >= 15 is 0 Å². The van der Waals surface area contributed by atoms with Gasteiger partial charge in [0.05, 0.1) is 4.92 Å². The average Bonchev–Trinajstić information content (AvgIpc) is 2.81. The summed E-state index contributed by atoms with van der Waals surface area (Å²) in [5, 5.41) is 18.2. The molecule has 0 atom stereocenters. The van der Waals surface area contributed by atoms with Crippen LogP contribution in [0.4, 0.5) is 11.4 Å². The number of rotatable bonds is 5. The molecule has 0 saturated carbocycles. The van der Waals surface area contributed by atoms with Gasteiger partial charge in [0.1, 0.15) is 10.7 Å². The smallest absolute Gasteiger partial charge is 0.310 e. The van der Waals surface area contributed by atoms with Crippen LogP contribution in [-0.2, 0) is 6.42 Å². The van der Waals surface area contributed by atoms with Crippen molar-refractivity contribution in [1.29, 1.82) is 0 Å². The third-order valence-electron chi connectivity index (χ3n) is 2.48. The summed E-state index contributed by atoms with van der Waals surface area (Å²) in [5.74, 6) is 0. The highest BCUT2D eigenvalue weighted by molar-refractivity contribution is 7.07. The van der Waals surface area contributed by atoms with Gasteiger partial charge in [0.2, 0.25) is 0 Å². The quantitative estimate of drug-likeness (QED) is 0.667. The predicted molar refractivity (Wildman–Crippen MR) is 74.6 cm³/mol. The summed E-state index contributed by atoms with van der Waals surface area (Å²) >= 11 is 7.46. The number of nitrogens with one attached hydrogen (secondary N) is 1. The van der Waals surface area contributed by atoms with Gasteiger partial charge in [-0.05, 0) is 40.9 Å². The molecule has 0 radical (unpaired) electrons. The Labute approximate surface area is 113 Å². The Morgan fingerprint density at radius 2 is 2.22 bits per heavy atom. The van der Waals surface area contributed by atoms with Gasteiger partial charge in [0.15, 0.2) is 0 Å². The Kier molecular flexibility index (Phi) is 4.17. The minimum absolute atomic E-state index is 0.0653. The molecule has 0 saturated heterocycles. The summed E-state index contributed by atoms with van der Waals surface area (Å²) < 4.78 is 0. The van der Waals surface area contributed by atoms with Crippen LogP contribution < -0.4 is 5.32 Å². The highest BCUT2D eigenvalue weighted by Crippen LogP contribution is 2.32. The van der Waals surface area contributed by atoms with Crippen molar-refractivity contribution in [2.75, 3.05) is 11.9 Å². The van der Waals surface area contributed by atoms with Gasteiger partial charge in [-0.3, -0.25) is 10.1 Å². The fraction of sp³-hybridized carbons (Fsp3) is 0.167. The summed E-state index contributed by atoms with van der Waals surface area (Å²) in [6, 6.07) is 6.92. The second kappa shape index (κ2) is 5.84. The number of para-hydroxylation sites is 1. The van der Waals surface area contributed by atoms with Crippen molar-refractivity contribution in [1.82, 2.24) is 0 Å². The Hall–Kier alpha value is -1.59. The van der Waals surface area contributed by atoms with Crippen molar-refractivity contribution < 1.29 is 4.92 Å². The van der Waals surface area contributed by atoms with E-state index in [1.807, 2.05) is 11.4 Å². The topological polar surface area (TPSA) is 55.2 Å². The number of benzene rings is 1. The number of nitro benzene ring substituents is 1. The third kappa shape index (κ3) is 3.00. The molecule has 0 fully saturated rings. The molecule has 1 aromatic carbocycles. The normalized spacial score (nSPS) is 10.3. The van der Waals surface area contributed by atoms with Crippen LogP contribution in [0.2, 0.25) is 5.02 Å². The second-order valence-corrected chi connectivity index (χ2v) is 4.89. The molecular formula is C12H11ClN2O2S. The predicted octanol–water partition coefficient (Wildman–Crippen LogP) is 3.96. The maximum absolute atomic E-state index is 10.9. The van der Waals surface area contributed by atoms with Crippen LogP contribution >= 0.6 is 22.9 Å². The summed E-state index contributed by atoms with van der Waals surface area (Å²) in [5.41, 5.74) is 1.62. The van der Waals surface area contributed by atoms with E-state index in [1.54, 1.807) is 23.5 Å². The largest absolute Gasteiger partial charge is 0.379 e. The van der Waals surface area contributed by atoms with Gasteiger partial charge in [0.25, 0.3) is 0 Å². The van der Waals surface area contributed by atoms with Crippen LogP contribution in [0.1, 0.15) is 5.56 Å². The molecule has 18 heavy (non-hydrogen) atoms. The van der Waals surface area contributed by atoms with E-state index in [2.05, 4.69) is 10.7 Å². The zero-order valence-electron chi connectivity index (χ0n) is 9.43. The molecule has 1 heterocycles. The highest BCUT2D eigenvalue weighted by Gasteiger charge is 2.17. The molecule has 0 spiro atoms. The van der Waals surface area contributed by atoms with Crippen LogP contribution in [0.3, 0.4) is 0 Å². The molecule has 94 valence electrons. The molecule has 2 rings (SSSR count). The van der Waals surface area contributed by atoms with Gasteiger partial charge in [-0.2, -0.15) is 11.3 Å². The van der Waals surface area contributed by atoms with Crippen molar-refractivity contribution in [3.63, 3.8) is 0 Å². The summed E-state index contributed by atoms with van der Waals surface area (Å²) in [4.78, 5) is 10.5. The molecular weight excluding hydrogens is 272 g/mol. The minimum atomic E-state index is -0.463. The van der Waals surface area contributed by atoms with Gasteiger partial charge in [-0.25, -0.2) is 0 Å². The Morgan fingerprint density at radius 3 is 2.89 bits per heavy atom. The molecule has 1 N–H and O–H groups in total. The summed E-state index contributed by atoms with van der Waals surface area (Å²) in [6.07, 6.45) is 0.827. The lowest BCUT2D eigenvalue weighted by atomic mass is 10.2. The maximum atomic E-state index is 10.9. The number of thiophene rings is 1. The molecule has 0 aliphatic carbocycles. The maximum Gasteiger partial charge on any atom is 0.310 e. The van der Waals surface area contributed by atoms with Crippen LogP contribution in [0.25, 0.3) is 0 Å². The zero-order chi connectivity index (χ0) is 13.0. The first-order valence-electron chi connectivity index (χ1n) is 5.36. The van der Waals surface area contributed by atoms with Crippen LogP contribution in [0.5, 0.6) is 0 Å². The monoisotopic (exact) mass is 282 g/mol. The lowest BCUT2D eigenvalue weighted by Gasteiger charge is -2.07. The van der Waals surface area contributed by atoms with Gasteiger partial charge in [-0.1, -0.05) is 17.7 Å². The van der Waals surface area contributed by atoms with E-state index in [0.29, 0.717) is 12.2 Å². The SMILES string of the molecule is O=[N+]([O-])c1c(Cl)cccc1NCCc1ccsc1. The molecule has 0 aliphatic heterocycles. The van der Waals surface area contributed by atoms with Gasteiger partial charge in [-0.15, -0.1) is 0 Å². The van der Waals surface area contributed by atoms with Gasteiger partial charge in [0, 0.05) is 6.54 Å². The number of nitrogens with zero attached hydrogens (tertiary/aromatic N) is 1. The van der Waals surface area contributed by atoms with E-state index in [4.69, 9.17) is 11.6 Å². The lowest BCUT2D eigenvalue weighted by molar-refractivity contribution is -0.383. The lowest BCUT2D eigenvalue weighted by Crippen LogP contribution is -2.06. The minimum Gasteiger partial charge on any atom is -0.379 e. The molecule has 6 heteroatoms. The zero-order valence-corrected chi connectivity index (χ0v) is 11.0. The first kappa shape index (κ1) is 12.9. The fourth-order valence-corrected chi connectivity index (χ4v) is 2.57. The standard InChI is InChI=1S/C12H11ClN2O2S/c13-10-2-1-3-11(12(10)15(16)17)14-6-4-9-5-7-18-8-9/h1-3,5,7-8,14H,4,6H2. The molecule has 0 amide bonds. The molecule has 4 nitrogen and oxygen atoms in total. The molecule has 0 aliphatic rings.